The van der Waals surface area contributed by atoms with Crippen LogP contribution in [-0.4, -0.2) is 336 Å². The topological polar surface area (TPSA) is 919 Å². The Hall–Kier alpha value is -14.5. The van der Waals surface area contributed by atoms with Crippen LogP contribution >= 0.6 is 0 Å². The number of nitrogens with zero attached hydrogens (tertiary/aromatic N) is 1. The zero-order chi connectivity index (χ0) is 113. The number of amides is 14. The van der Waals surface area contributed by atoms with Gasteiger partial charge in [-0.2, -0.15) is 0 Å². The van der Waals surface area contributed by atoms with Gasteiger partial charge < -0.3 is 155 Å². The number of nitrogens with one attached hydrogen (secondary N) is 28. The molecule has 2 rings (SSSR count). The molecule has 59 heteroatoms. The van der Waals surface area contributed by atoms with Gasteiger partial charge in [0.15, 0.2) is 79.4 Å². The number of carbonyl (C=O) groups is 26. The fourth-order valence-electron chi connectivity index (χ4n) is 14.2. The van der Waals surface area contributed by atoms with Crippen molar-refractivity contribution < 1.29 is 130 Å². The number of aromatic nitrogens is 2. The van der Waals surface area contributed by atoms with Crippen LogP contribution in [0.1, 0.15) is 193 Å². The molecule has 0 saturated carbocycles. The third-order valence-electron chi connectivity index (χ3n) is 22.9. The summed E-state index contributed by atoms with van der Waals surface area (Å²) in [5.74, 6) is -23.6. The van der Waals surface area contributed by atoms with E-state index in [1.807, 2.05) is 0 Å². The number of nitrogens with two attached hydrogens (primary N) is 3. The van der Waals surface area contributed by atoms with Crippen LogP contribution in [0.25, 0.3) is 0 Å². The molecule has 1 aliphatic heterocycles. The average Bonchev–Trinajstić information content (AvgIpc) is 1.16. The number of rotatable bonds is 67. The predicted octanol–water partition coefficient (Wildman–Crippen LogP) is -12.2. The van der Waals surface area contributed by atoms with Crippen molar-refractivity contribution in [2.45, 2.75) is 332 Å². The number of aliphatic carboxylic acids is 1. The second kappa shape index (κ2) is 66.7. The molecule has 0 saturated heterocycles. The largest absolute Gasteiger partial charge is 0.481 e. The second-order valence-corrected chi connectivity index (χ2v) is 37.2. The summed E-state index contributed by atoms with van der Waals surface area (Å²) in [4.78, 5) is 365. The first-order valence-corrected chi connectivity index (χ1v) is 48.0. The highest BCUT2D eigenvalue weighted by molar-refractivity contribution is 6.02. The Morgan fingerprint density at radius 2 is 0.866 bits per heavy atom. The van der Waals surface area contributed by atoms with Crippen molar-refractivity contribution in [3.05, 3.63) is 30.4 Å². The number of hydrogen-bond donors (Lipinski definition) is 32. The first-order valence-electron chi connectivity index (χ1n) is 48.0. The molecule has 1 aromatic heterocycles. The summed E-state index contributed by atoms with van der Waals surface area (Å²) in [6.45, 7) is 18.8. The number of allylic oxidation sites excluding steroid dienone is 2. The smallest absolute Gasteiger partial charge is 0.305 e. The Kier molecular flexibility index (Phi) is 58.4. The number of carbonyl (C=O) groups excluding carboxylic acids is 25. The minimum Gasteiger partial charge on any atom is -0.481 e. The van der Waals surface area contributed by atoms with E-state index in [0.717, 1.165) is 27.7 Å². The Morgan fingerprint density at radius 1 is 0.470 bits per heavy atom. The number of guanidine groups is 2. The molecule has 0 fully saturated rings. The van der Waals surface area contributed by atoms with Crippen LogP contribution in [0.3, 0.4) is 0 Å². The van der Waals surface area contributed by atoms with Crippen LogP contribution in [0.2, 0.25) is 0 Å². The molecule has 149 heavy (non-hydrogen) atoms. The number of aldehydes is 10. The van der Waals surface area contributed by atoms with Crippen LogP contribution < -0.4 is 150 Å². The lowest BCUT2D eigenvalue weighted by atomic mass is 9.90. The van der Waals surface area contributed by atoms with Crippen molar-refractivity contribution in [2.75, 3.05) is 13.1 Å². The summed E-state index contributed by atoms with van der Waals surface area (Å²) >= 11 is 0. The van der Waals surface area contributed by atoms with Crippen LogP contribution in [0.15, 0.2) is 24.7 Å². The summed E-state index contributed by atoms with van der Waals surface area (Å²) in [6, 6.07) is -14.9. The van der Waals surface area contributed by atoms with Crippen molar-refractivity contribution in [3.8, 4) is 0 Å². The van der Waals surface area contributed by atoms with E-state index in [4.69, 9.17) is 28.0 Å². The molecule has 0 aromatic carbocycles. The minimum atomic E-state index is -2.42. The number of ketones is 1. The fourth-order valence-corrected chi connectivity index (χ4v) is 14.2. The number of imidazole rings is 1. The van der Waals surface area contributed by atoms with Crippen LogP contribution in [0, 0.1) is 28.6 Å². The second-order valence-electron chi connectivity index (χ2n) is 37.2. The van der Waals surface area contributed by atoms with Gasteiger partial charge in [-0.05, 0) is 137 Å². The molecule has 35 N–H and O–H groups in total. The molecule has 0 unspecified atom stereocenters. The van der Waals surface area contributed by atoms with Gasteiger partial charge in [0, 0.05) is 44.7 Å². The quantitative estimate of drug-likeness (QED) is 0.00719. The normalized spacial score (nSPS) is 20.3. The third kappa shape index (κ3) is 48.4. The van der Waals surface area contributed by atoms with Gasteiger partial charge in [0.05, 0.1) is 78.7 Å². The summed E-state index contributed by atoms with van der Waals surface area (Å²) in [7, 11) is 0. The number of carboxylic acids is 1. The van der Waals surface area contributed by atoms with Gasteiger partial charge in [0.1, 0.15) is 73.9 Å². The Bertz CT molecular complexity index is 4780. The lowest BCUT2D eigenvalue weighted by molar-refractivity contribution is -0.141. The molecule has 1 aliphatic rings. The maximum Gasteiger partial charge on any atom is 0.305 e. The highest BCUT2D eigenvalue weighted by Crippen LogP contribution is 2.21. The number of aromatic amines is 1. The molecule has 0 bridgehead atoms. The van der Waals surface area contributed by atoms with E-state index in [0.29, 0.717) is 25.1 Å². The number of hydrogen-bond acceptors (Lipinski definition) is 39. The maximum atomic E-state index is 15.6. The van der Waals surface area contributed by atoms with Crippen molar-refractivity contribution in [1.82, 2.24) is 143 Å². The zero-order valence-electron chi connectivity index (χ0n) is 85.6. The molecule has 0 spiro atoms. The first kappa shape index (κ1) is 131. The molecule has 830 valence electrons. The van der Waals surface area contributed by atoms with E-state index in [-0.39, 0.29) is 134 Å². The Morgan fingerprint density at radius 3 is 1.25 bits per heavy atom. The highest BCUT2D eigenvalue weighted by Gasteiger charge is 2.46. The van der Waals surface area contributed by atoms with Crippen molar-refractivity contribution in [2.24, 2.45) is 35.0 Å². The molecular weight excluding hydrogens is 1960 g/mol. The van der Waals surface area contributed by atoms with E-state index >= 15 is 33.6 Å². The number of carboxylic acid groups (broad SMARTS) is 1. The van der Waals surface area contributed by atoms with E-state index in [2.05, 4.69) is 143 Å². The number of H-pyrrole nitrogens is 1. The van der Waals surface area contributed by atoms with Gasteiger partial charge in [0.2, 0.25) is 23.6 Å². The molecule has 23 atom stereocenters. The first-order chi connectivity index (χ1) is 70.1. The van der Waals surface area contributed by atoms with E-state index in [9.17, 15) is 96.2 Å². The molecule has 0 aliphatic carbocycles. The minimum absolute atomic E-state index is 0.0251. The Balaban J connectivity index is 3.17. The third-order valence-corrected chi connectivity index (χ3v) is 22.9. The van der Waals surface area contributed by atoms with Gasteiger partial charge in [-0.3, -0.25) is 141 Å². The predicted molar refractivity (Wildman–Crippen MR) is 529 cm³/mol. The molecule has 14 amide bonds. The summed E-state index contributed by atoms with van der Waals surface area (Å²) in [5.41, 5.74) is 10.3. The van der Waals surface area contributed by atoms with Gasteiger partial charge in [-0.15, -0.1) is 0 Å². The maximum absolute atomic E-state index is 15.6. The SMILES string of the molecule is CC[C@@H](C)[C@H](C=O)N[C@H](NC(=O)[C@@H](NC(=O)[C@@H](NC(C)=O)N[C@@H](C=O)CCCNC(=N)N)N[C@@H](C=O)CC(N)=O)C(=O)N[C@@H](N[C@@H](C)C=O)C(=O)N[C@@H](N[C@@H](C=O)CCCNC(=N)N)C(=O)N[C@@H](N[C@@H](C=O)Cc1cnc[nH]1)C(=O)N[C@@H](N[C@@H](C=O)CC(C)C)C(=O)N[C@@H](N[C@@H](C)C=O)C(=O)N[C@@]1(C)CCC/C=C\CCC[C@@](C)(C(C)=O)NC(=O)[C@H](N[C@@H](C=O)CC(=O)O)NC(=O)C(C)(C)NC(=O)[C@H](N[C@@H](C=O)C(C)C)NC1=O. The lowest BCUT2D eigenvalue weighted by Gasteiger charge is -2.36. The standard InChI is InChI=1S/C90H148N32O27/c1-15-48(6)61(44-132)110-70(116-78(142)69(107-58(41-129)32-62(91)135)113-75(139)65(102-52(10)134)103-53(37-125)24-22-28-97-86(92)93)80(144)111-64(100-49(7)35-123)74(138)112-66(104-54(38-126)25-23-29-98-87(94)95)76(140)115-68(106-57(40-128)31-55-34-96-45-99-55)77(141)114-67(105-56(39-127)30-46(2)3)79(143)117-71(101-50(8)36-124)82(146)122-90(14)27-21-19-17-16-18-20-26-89(13,51(9)133)121-83(147)72(108-59(42-130)33-63(136)137)118-84(148)88(11,12)120-81(145)73(119-85(90)149)109-60(43-131)47(4)5/h16-17,34-50,53-54,56-61,64-73,100-101,103-110H,15,18-33H2,1-14H3,(H2,91,135)(H,96,99)(H,102,134)(H,111,144)(H,112,138)(H,113,139)(H,114,141)(H,115,140)(H,116,142)(H,117,143)(H,118,148)(H,119,149)(H,120,145)(H,121,147)(H,122,146)(H,136,137)(H4,92,93,97)(H4,94,95,98)/b17-16-/t48-,49+,50+,53-,54-,56-,57-,58-,59-,60+,61+,64-,65+,66-,67-,68-,69-,70-,71-,72-,73-,89+,90+/m1/s1. The van der Waals surface area contributed by atoms with E-state index < -0.39 is 282 Å². The van der Waals surface area contributed by atoms with Crippen LogP contribution in [0.5, 0.6) is 0 Å². The van der Waals surface area contributed by atoms with Crippen LogP contribution in [-0.2, 0) is 131 Å². The molecular formula is C90H148N32O27. The monoisotopic (exact) mass is 2110 g/mol. The summed E-state index contributed by atoms with van der Waals surface area (Å²) in [5, 5.41) is 86.0. The van der Waals surface area contributed by atoms with Gasteiger partial charge >= 0.3 is 5.97 Å². The molecule has 59 nitrogen and oxygen atoms in total. The molecule has 1 aromatic rings. The number of primary amides is 1. The fraction of sp³-hybridized carbons (Fsp3) is 0.633. The summed E-state index contributed by atoms with van der Waals surface area (Å²) < 4.78 is 0. The van der Waals surface area contributed by atoms with Crippen molar-refractivity contribution in [3.63, 3.8) is 0 Å². The molecule has 2 heterocycles. The van der Waals surface area contributed by atoms with Crippen LogP contribution in [0.4, 0.5) is 0 Å². The molecule has 0 radical (unpaired) electrons. The summed E-state index contributed by atoms with van der Waals surface area (Å²) in [6.07, 6.45) is -16.3. The van der Waals surface area contributed by atoms with Gasteiger partial charge in [0.25, 0.3) is 59.1 Å². The highest BCUT2D eigenvalue weighted by atomic mass is 16.4. The zero-order valence-corrected chi connectivity index (χ0v) is 85.6. The Labute approximate surface area is 859 Å². The van der Waals surface area contributed by atoms with E-state index in [1.54, 1.807) is 46.8 Å². The van der Waals surface area contributed by atoms with Crippen molar-refractivity contribution >= 4 is 169 Å². The average molecular weight is 2110 g/mol. The van der Waals surface area contributed by atoms with Gasteiger partial charge in [-0.1, -0.05) is 60.1 Å². The lowest BCUT2D eigenvalue weighted by Crippen LogP contribution is -2.71. The van der Waals surface area contributed by atoms with E-state index in [1.165, 1.54) is 47.1 Å². The van der Waals surface area contributed by atoms with Gasteiger partial charge in [-0.25, -0.2) is 4.98 Å². The van der Waals surface area contributed by atoms with Crippen molar-refractivity contribution in [1.29, 1.82) is 10.8 Å². The number of Topliss-reactive ketones (excluding diaryl/α,β-unsaturated/α-hetero) is 1.